The second-order valence-electron chi connectivity index (χ2n) is 6.09. The third-order valence-corrected chi connectivity index (χ3v) is 3.78. The third kappa shape index (κ3) is 4.08. The number of rotatable bonds is 4. The molecule has 0 spiro atoms. The summed E-state index contributed by atoms with van der Waals surface area (Å²) in [5, 5.41) is 3.54. The van der Waals surface area contributed by atoms with Gasteiger partial charge in [-0.05, 0) is 51.0 Å². The SMILES string of the molecule is Cc1ccc(F)c(C(=O)NC(C)(C)Cc2ccccc2Cl)c1. The molecule has 0 atom stereocenters. The van der Waals surface area contributed by atoms with Gasteiger partial charge in [0.05, 0.1) is 5.56 Å². The lowest BCUT2D eigenvalue weighted by atomic mass is 9.94. The van der Waals surface area contributed by atoms with Crippen molar-refractivity contribution in [1.29, 1.82) is 0 Å². The smallest absolute Gasteiger partial charge is 0.254 e. The first-order valence-corrected chi connectivity index (χ1v) is 7.48. The summed E-state index contributed by atoms with van der Waals surface area (Å²) >= 11 is 6.16. The highest BCUT2D eigenvalue weighted by molar-refractivity contribution is 6.31. The quantitative estimate of drug-likeness (QED) is 0.880. The molecule has 2 aromatic carbocycles. The topological polar surface area (TPSA) is 29.1 Å². The van der Waals surface area contributed by atoms with Crippen molar-refractivity contribution in [2.75, 3.05) is 0 Å². The van der Waals surface area contributed by atoms with Crippen LogP contribution >= 0.6 is 11.6 Å². The Kier molecular flexibility index (Phi) is 4.87. The number of aryl methyl sites for hydroxylation is 1. The molecule has 2 rings (SSSR count). The van der Waals surface area contributed by atoms with E-state index in [1.807, 2.05) is 45.0 Å². The number of benzene rings is 2. The molecule has 0 unspecified atom stereocenters. The molecule has 0 fully saturated rings. The van der Waals surface area contributed by atoms with Crippen molar-refractivity contribution in [3.05, 3.63) is 70.0 Å². The van der Waals surface area contributed by atoms with Gasteiger partial charge in [0.25, 0.3) is 5.91 Å². The predicted molar refractivity (Wildman–Crippen MR) is 87.8 cm³/mol. The maximum Gasteiger partial charge on any atom is 0.254 e. The normalized spacial score (nSPS) is 11.3. The zero-order valence-electron chi connectivity index (χ0n) is 12.9. The summed E-state index contributed by atoms with van der Waals surface area (Å²) in [5.74, 6) is -0.935. The van der Waals surface area contributed by atoms with Crippen molar-refractivity contribution in [2.24, 2.45) is 0 Å². The Morgan fingerprint density at radius 3 is 2.59 bits per heavy atom. The molecule has 0 aliphatic carbocycles. The number of halogens is 2. The summed E-state index contributed by atoms with van der Waals surface area (Å²) in [5.41, 5.74) is 1.31. The Labute approximate surface area is 135 Å². The lowest BCUT2D eigenvalue weighted by molar-refractivity contribution is 0.0909. The number of hydrogen-bond donors (Lipinski definition) is 1. The molecule has 1 N–H and O–H groups in total. The summed E-state index contributed by atoms with van der Waals surface area (Å²) in [6.07, 6.45) is 0.561. The fourth-order valence-electron chi connectivity index (χ4n) is 2.35. The number of nitrogens with one attached hydrogen (secondary N) is 1. The van der Waals surface area contributed by atoms with Gasteiger partial charge in [0.15, 0.2) is 0 Å². The van der Waals surface area contributed by atoms with Crippen molar-refractivity contribution >= 4 is 17.5 Å². The van der Waals surface area contributed by atoms with E-state index in [9.17, 15) is 9.18 Å². The van der Waals surface area contributed by atoms with Crippen molar-refractivity contribution in [3.8, 4) is 0 Å². The van der Waals surface area contributed by atoms with Crippen LogP contribution in [0, 0.1) is 12.7 Å². The standard InChI is InChI=1S/C18H19ClFNO/c1-12-8-9-16(20)14(10-12)17(22)21-18(2,3)11-13-6-4-5-7-15(13)19/h4-10H,11H2,1-3H3,(H,21,22). The number of hydrogen-bond acceptors (Lipinski definition) is 1. The zero-order valence-corrected chi connectivity index (χ0v) is 13.7. The Hall–Kier alpha value is -1.87. The maximum atomic E-state index is 13.8. The fraction of sp³-hybridized carbons (Fsp3) is 0.278. The molecule has 116 valence electrons. The molecule has 22 heavy (non-hydrogen) atoms. The molecule has 4 heteroatoms. The third-order valence-electron chi connectivity index (χ3n) is 3.41. The maximum absolute atomic E-state index is 13.8. The Morgan fingerprint density at radius 1 is 1.23 bits per heavy atom. The Bertz CT molecular complexity index is 697. The van der Waals surface area contributed by atoms with E-state index in [1.165, 1.54) is 6.07 Å². The number of amides is 1. The highest BCUT2D eigenvalue weighted by Crippen LogP contribution is 2.21. The van der Waals surface area contributed by atoms with E-state index in [1.54, 1.807) is 12.1 Å². The van der Waals surface area contributed by atoms with Crippen LogP contribution in [0.15, 0.2) is 42.5 Å². The first-order chi connectivity index (χ1) is 10.3. The minimum absolute atomic E-state index is 0.0623. The van der Waals surface area contributed by atoms with Crippen molar-refractivity contribution < 1.29 is 9.18 Å². The largest absolute Gasteiger partial charge is 0.347 e. The summed E-state index contributed by atoms with van der Waals surface area (Å²) in [6.45, 7) is 5.61. The molecule has 0 aromatic heterocycles. The van der Waals surface area contributed by atoms with Gasteiger partial charge in [-0.2, -0.15) is 0 Å². The first-order valence-electron chi connectivity index (χ1n) is 7.10. The average molecular weight is 320 g/mol. The minimum Gasteiger partial charge on any atom is -0.347 e. The number of carbonyl (C=O) groups excluding carboxylic acids is 1. The number of carbonyl (C=O) groups is 1. The summed E-state index contributed by atoms with van der Waals surface area (Å²) in [4.78, 5) is 12.3. The molecule has 0 saturated heterocycles. The van der Waals surface area contributed by atoms with Crippen LogP contribution in [0.2, 0.25) is 5.02 Å². The molecule has 1 amide bonds. The molecule has 0 aliphatic heterocycles. The summed E-state index contributed by atoms with van der Waals surface area (Å²) in [6, 6.07) is 12.0. The van der Waals surface area contributed by atoms with Crippen LogP contribution in [0.1, 0.15) is 35.3 Å². The molecule has 2 aromatic rings. The van der Waals surface area contributed by atoms with Crippen LogP contribution in [-0.2, 0) is 6.42 Å². The molecule has 0 heterocycles. The highest BCUT2D eigenvalue weighted by atomic mass is 35.5. The van der Waals surface area contributed by atoms with E-state index in [-0.39, 0.29) is 5.56 Å². The highest BCUT2D eigenvalue weighted by Gasteiger charge is 2.24. The first kappa shape index (κ1) is 16.5. The lowest BCUT2D eigenvalue weighted by Gasteiger charge is -2.27. The second-order valence-corrected chi connectivity index (χ2v) is 6.50. The molecule has 0 bridgehead atoms. The van der Waals surface area contributed by atoms with Gasteiger partial charge in [-0.25, -0.2) is 4.39 Å². The summed E-state index contributed by atoms with van der Waals surface area (Å²) < 4.78 is 13.8. The summed E-state index contributed by atoms with van der Waals surface area (Å²) in [7, 11) is 0. The molecular formula is C18H19ClFNO. The molecule has 0 radical (unpaired) electrons. The van der Waals surface area contributed by atoms with Crippen LogP contribution in [0.25, 0.3) is 0 Å². The van der Waals surface area contributed by atoms with Crippen LogP contribution < -0.4 is 5.32 Å². The van der Waals surface area contributed by atoms with Crippen LogP contribution in [0.4, 0.5) is 4.39 Å². The second kappa shape index (κ2) is 6.49. The molecule has 2 nitrogen and oxygen atoms in total. The molecule has 0 aliphatic rings. The Morgan fingerprint density at radius 2 is 1.91 bits per heavy atom. The van der Waals surface area contributed by atoms with E-state index in [2.05, 4.69) is 5.32 Å². The average Bonchev–Trinajstić information content (AvgIpc) is 2.43. The van der Waals surface area contributed by atoms with Gasteiger partial charge >= 0.3 is 0 Å². The zero-order chi connectivity index (χ0) is 16.3. The van der Waals surface area contributed by atoms with Gasteiger partial charge < -0.3 is 5.32 Å². The van der Waals surface area contributed by atoms with Crippen LogP contribution in [0.5, 0.6) is 0 Å². The van der Waals surface area contributed by atoms with Gasteiger partial charge in [0.2, 0.25) is 0 Å². The van der Waals surface area contributed by atoms with E-state index in [0.29, 0.717) is 11.4 Å². The molecule has 0 saturated carbocycles. The van der Waals surface area contributed by atoms with E-state index in [0.717, 1.165) is 11.1 Å². The minimum atomic E-state index is -0.543. The fourth-order valence-corrected chi connectivity index (χ4v) is 2.55. The van der Waals surface area contributed by atoms with Crippen LogP contribution in [-0.4, -0.2) is 11.4 Å². The van der Waals surface area contributed by atoms with Crippen molar-refractivity contribution in [1.82, 2.24) is 5.32 Å². The van der Waals surface area contributed by atoms with E-state index < -0.39 is 17.3 Å². The lowest BCUT2D eigenvalue weighted by Crippen LogP contribution is -2.45. The van der Waals surface area contributed by atoms with Gasteiger partial charge in [0, 0.05) is 10.6 Å². The van der Waals surface area contributed by atoms with Crippen molar-refractivity contribution in [2.45, 2.75) is 32.7 Å². The molecular weight excluding hydrogens is 301 g/mol. The van der Waals surface area contributed by atoms with Gasteiger partial charge in [-0.3, -0.25) is 4.79 Å². The van der Waals surface area contributed by atoms with Gasteiger partial charge in [-0.1, -0.05) is 41.4 Å². The predicted octanol–water partition coefficient (Wildman–Crippen LogP) is 4.54. The monoisotopic (exact) mass is 319 g/mol. The van der Waals surface area contributed by atoms with Crippen molar-refractivity contribution in [3.63, 3.8) is 0 Å². The van der Waals surface area contributed by atoms with E-state index in [4.69, 9.17) is 11.6 Å². The van der Waals surface area contributed by atoms with Crippen LogP contribution in [0.3, 0.4) is 0 Å². The van der Waals surface area contributed by atoms with Gasteiger partial charge in [-0.15, -0.1) is 0 Å². The van der Waals surface area contributed by atoms with Gasteiger partial charge in [0.1, 0.15) is 5.82 Å². The van der Waals surface area contributed by atoms with E-state index >= 15 is 0 Å². The Balaban J connectivity index is 2.16.